The molecule has 0 saturated carbocycles. The topological polar surface area (TPSA) is 38.5 Å². The molecule has 0 aliphatic heterocycles. The summed E-state index contributed by atoms with van der Waals surface area (Å²) in [4.78, 5) is 2.20. The molecular weight excluding hydrogens is 236 g/mol. The third kappa shape index (κ3) is 2.99. The van der Waals surface area contributed by atoms with Crippen molar-refractivity contribution in [2.45, 2.75) is 13.5 Å². The third-order valence-electron chi connectivity index (χ3n) is 3.23. The summed E-state index contributed by atoms with van der Waals surface area (Å²) in [5, 5.41) is 0. The maximum absolute atomic E-state index is 5.79. The molecule has 2 aromatic rings. The zero-order valence-corrected chi connectivity index (χ0v) is 11.7. The summed E-state index contributed by atoms with van der Waals surface area (Å²) in [7, 11) is 3.78. The lowest BCUT2D eigenvalue weighted by atomic mass is 10.1. The normalized spacial score (nSPS) is 10.3. The van der Waals surface area contributed by atoms with E-state index in [0.717, 1.165) is 18.0 Å². The molecule has 2 aromatic carbocycles. The molecule has 0 unspecified atom stereocenters. The molecule has 0 aliphatic carbocycles. The van der Waals surface area contributed by atoms with E-state index < -0.39 is 0 Å². The molecule has 0 bridgehead atoms. The molecule has 0 fully saturated rings. The van der Waals surface area contributed by atoms with Crippen molar-refractivity contribution in [1.82, 2.24) is 0 Å². The van der Waals surface area contributed by atoms with Gasteiger partial charge in [0, 0.05) is 30.5 Å². The molecule has 0 aliphatic rings. The van der Waals surface area contributed by atoms with Crippen LogP contribution in [0.25, 0.3) is 0 Å². The van der Waals surface area contributed by atoms with Crippen LogP contribution in [0, 0.1) is 6.92 Å². The van der Waals surface area contributed by atoms with E-state index in [1.54, 1.807) is 7.11 Å². The summed E-state index contributed by atoms with van der Waals surface area (Å²) in [5.41, 5.74) is 10.1. The second-order valence-electron chi connectivity index (χ2n) is 4.71. The number of rotatable bonds is 4. The Hall–Kier alpha value is -2.16. The second-order valence-corrected chi connectivity index (χ2v) is 4.71. The van der Waals surface area contributed by atoms with Crippen molar-refractivity contribution in [3.05, 3.63) is 53.6 Å². The van der Waals surface area contributed by atoms with Crippen LogP contribution in [0.2, 0.25) is 0 Å². The van der Waals surface area contributed by atoms with E-state index >= 15 is 0 Å². The van der Waals surface area contributed by atoms with Gasteiger partial charge in [-0.15, -0.1) is 0 Å². The fraction of sp³-hybridized carbons (Fsp3) is 0.250. The van der Waals surface area contributed by atoms with E-state index in [1.165, 1.54) is 16.8 Å². The fourth-order valence-corrected chi connectivity index (χ4v) is 2.28. The van der Waals surface area contributed by atoms with Gasteiger partial charge < -0.3 is 15.4 Å². The molecule has 0 amide bonds. The Labute approximate surface area is 114 Å². The van der Waals surface area contributed by atoms with E-state index in [1.807, 2.05) is 30.3 Å². The van der Waals surface area contributed by atoms with Gasteiger partial charge >= 0.3 is 0 Å². The number of hydrogen-bond donors (Lipinski definition) is 1. The van der Waals surface area contributed by atoms with Crippen molar-refractivity contribution in [2.24, 2.45) is 0 Å². The van der Waals surface area contributed by atoms with Crippen LogP contribution in [0.5, 0.6) is 5.75 Å². The number of hydrogen-bond acceptors (Lipinski definition) is 3. The van der Waals surface area contributed by atoms with E-state index in [0.29, 0.717) is 0 Å². The van der Waals surface area contributed by atoms with Gasteiger partial charge in [0.15, 0.2) is 0 Å². The van der Waals surface area contributed by atoms with Gasteiger partial charge in [-0.05, 0) is 36.8 Å². The van der Waals surface area contributed by atoms with Crippen molar-refractivity contribution in [3.63, 3.8) is 0 Å². The number of aryl methyl sites for hydroxylation is 1. The lowest BCUT2D eigenvalue weighted by Crippen LogP contribution is -2.18. The molecule has 3 heteroatoms. The molecule has 3 nitrogen and oxygen atoms in total. The van der Waals surface area contributed by atoms with Crippen LogP contribution >= 0.6 is 0 Å². The largest absolute Gasteiger partial charge is 0.496 e. The predicted molar refractivity (Wildman–Crippen MR) is 80.7 cm³/mol. The number of ether oxygens (including phenoxy) is 1. The highest BCUT2D eigenvalue weighted by atomic mass is 16.5. The third-order valence-corrected chi connectivity index (χ3v) is 3.23. The summed E-state index contributed by atoms with van der Waals surface area (Å²) in [6.07, 6.45) is 0. The van der Waals surface area contributed by atoms with Gasteiger partial charge in [-0.25, -0.2) is 0 Å². The molecule has 100 valence electrons. The quantitative estimate of drug-likeness (QED) is 0.854. The monoisotopic (exact) mass is 256 g/mol. The fourth-order valence-electron chi connectivity index (χ4n) is 2.28. The van der Waals surface area contributed by atoms with Gasteiger partial charge in [-0.3, -0.25) is 0 Å². The smallest absolute Gasteiger partial charge is 0.123 e. The second kappa shape index (κ2) is 5.65. The summed E-state index contributed by atoms with van der Waals surface area (Å²) in [6, 6.07) is 14.1. The maximum atomic E-state index is 5.79. The highest BCUT2D eigenvalue weighted by molar-refractivity contribution is 5.59. The zero-order chi connectivity index (χ0) is 13.8. The van der Waals surface area contributed by atoms with E-state index in [9.17, 15) is 0 Å². The number of nitrogen functional groups attached to an aromatic ring is 1. The number of benzene rings is 2. The number of anilines is 2. The van der Waals surface area contributed by atoms with Crippen molar-refractivity contribution in [2.75, 3.05) is 24.8 Å². The summed E-state index contributed by atoms with van der Waals surface area (Å²) in [6.45, 7) is 2.87. The molecule has 0 saturated heterocycles. The average molecular weight is 256 g/mol. The molecule has 0 radical (unpaired) electrons. The first kappa shape index (κ1) is 13.3. The van der Waals surface area contributed by atoms with Gasteiger partial charge in [0.25, 0.3) is 0 Å². The Kier molecular flexibility index (Phi) is 3.95. The first-order valence-electron chi connectivity index (χ1n) is 6.31. The van der Waals surface area contributed by atoms with E-state index in [4.69, 9.17) is 10.5 Å². The number of nitrogens with two attached hydrogens (primary N) is 1. The molecule has 0 heterocycles. The molecule has 0 atom stereocenters. The Bertz CT molecular complexity index is 566. The Morgan fingerprint density at radius 2 is 1.89 bits per heavy atom. The number of para-hydroxylation sites is 1. The van der Waals surface area contributed by atoms with Crippen molar-refractivity contribution in [1.29, 1.82) is 0 Å². The highest BCUT2D eigenvalue weighted by Crippen LogP contribution is 2.25. The first-order chi connectivity index (χ1) is 9.11. The molecule has 2 N–H and O–H groups in total. The van der Waals surface area contributed by atoms with Crippen molar-refractivity contribution in [3.8, 4) is 5.75 Å². The minimum absolute atomic E-state index is 0.798. The van der Waals surface area contributed by atoms with Crippen LogP contribution in [0.15, 0.2) is 42.5 Å². The van der Waals surface area contributed by atoms with Gasteiger partial charge in [0.05, 0.1) is 7.11 Å². The molecule has 2 rings (SSSR count). The Morgan fingerprint density at radius 1 is 1.16 bits per heavy atom. The number of methoxy groups -OCH3 is 1. The standard InChI is InChI=1S/C16H20N2O/c1-12-10-14(17)8-9-15(12)18(2)11-13-6-4-5-7-16(13)19-3/h4-10H,11,17H2,1-3H3. The van der Waals surface area contributed by atoms with Gasteiger partial charge in [0.1, 0.15) is 5.75 Å². The maximum Gasteiger partial charge on any atom is 0.123 e. The van der Waals surface area contributed by atoms with Crippen LogP contribution < -0.4 is 15.4 Å². The summed E-state index contributed by atoms with van der Waals surface area (Å²) in [5.74, 6) is 0.919. The summed E-state index contributed by atoms with van der Waals surface area (Å²) >= 11 is 0. The lowest BCUT2D eigenvalue weighted by molar-refractivity contribution is 0.409. The van der Waals surface area contributed by atoms with Crippen molar-refractivity contribution < 1.29 is 4.74 Å². The highest BCUT2D eigenvalue weighted by Gasteiger charge is 2.08. The molecule has 19 heavy (non-hydrogen) atoms. The SMILES string of the molecule is COc1ccccc1CN(C)c1ccc(N)cc1C. The predicted octanol–water partition coefficient (Wildman–Crippen LogP) is 3.22. The Balaban J connectivity index is 2.23. The zero-order valence-electron chi connectivity index (χ0n) is 11.7. The van der Waals surface area contributed by atoms with Gasteiger partial charge in [-0.1, -0.05) is 18.2 Å². The first-order valence-corrected chi connectivity index (χ1v) is 6.31. The van der Waals surface area contributed by atoms with E-state index in [2.05, 4.69) is 31.0 Å². The minimum atomic E-state index is 0.798. The van der Waals surface area contributed by atoms with Crippen LogP contribution in [-0.4, -0.2) is 14.2 Å². The molecule has 0 aromatic heterocycles. The number of nitrogens with zero attached hydrogens (tertiary/aromatic N) is 1. The van der Waals surface area contributed by atoms with Crippen LogP contribution in [0.4, 0.5) is 11.4 Å². The average Bonchev–Trinajstić information content (AvgIpc) is 2.39. The van der Waals surface area contributed by atoms with Crippen LogP contribution in [0.1, 0.15) is 11.1 Å². The van der Waals surface area contributed by atoms with Gasteiger partial charge in [-0.2, -0.15) is 0 Å². The van der Waals surface area contributed by atoms with Crippen LogP contribution in [0.3, 0.4) is 0 Å². The summed E-state index contributed by atoms with van der Waals surface area (Å²) < 4.78 is 5.38. The Morgan fingerprint density at radius 3 is 2.58 bits per heavy atom. The molecule has 0 spiro atoms. The minimum Gasteiger partial charge on any atom is -0.496 e. The van der Waals surface area contributed by atoms with Crippen LogP contribution in [-0.2, 0) is 6.54 Å². The van der Waals surface area contributed by atoms with Crippen molar-refractivity contribution >= 4 is 11.4 Å². The molecular formula is C16H20N2O. The van der Waals surface area contributed by atoms with Gasteiger partial charge in [0.2, 0.25) is 0 Å². The lowest BCUT2D eigenvalue weighted by Gasteiger charge is -2.22. The van der Waals surface area contributed by atoms with E-state index in [-0.39, 0.29) is 0 Å².